The smallest absolute Gasteiger partial charge is 0.255 e. The summed E-state index contributed by atoms with van der Waals surface area (Å²) in [5.74, 6) is 0.382. The Hall–Kier alpha value is -2.22. The lowest BCUT2D eigenvalue weighted by Crippen LogP contribution is -2.23. The van der Waals surface area contributed by atoms with E-state index in [1.807, 2.05) is 54.8 Å². The molecule has 0 atom stereocenters. The molecule has 0 saturated heterocycles. The molecule has 1 heterocycles. The van der Waals surface area contributed by atoms with Crippen LogP contribution in [-0.2, 0) is 17.0 Å². The predicted octanol–water partition coefficient (Wildman–Crippen LogP) is 4.93. The third kappa shape index (κ3) is 6.13. The molecule has 0 radical (unpaired) electrons. The normalized spacial score (nSPS) is 10.7. The van der Waals surface area contributed by atoms with E-state index in [-0.39, 0.29) is 17.9 Å². The van der Waals surface area contributed by atoms with Crippen molar-refractivity contribution in [2.45, 2.75) is 29.1 Å². The summed E-state index contributed by atoms with van der Waals surface area (Å²) >= 11 is 9.01. The fraction of sp³-hybridized carbons (Fsp3) is 0.190. The van der Waals surface area contributed by atoms with E-state index in [1.165, 1.54) is 11.8 Å². The number of carbonyl (C=O) groups excluding carboxylic acids is 1. The van der Waals surface area contributed by atoms with Gasteiger partial charge < -0.3 is 10.3 Å². The van der Waals surface area contributed by atoms with Gasteiger partial charge in [-0.2, -0.15) is 0 Å². The van der Waals surface area contributed by atoms with Crippen molar-refractivity contribution in [2.75, 3.05) is 11.6 Å². The second kappa shape index (κ2) is 10.0. The minimum atomic E-state index is -0.292. The molecule has 0 spiro atoms. The standard InChI is InChI=1S/C21H20ClN3O2S2/c1-13-18(11-19(26)24-16-7-4-8-17(10-16)28-2)20(27)25-21(23-13)29-12-14-5-3-6-15(22)9-14/h3-10H,11-12H2,1-2H3,(H,24,26)(H,23,25,27). The van der Waals surface area contributed by atoms with Gasteiger partial charge in [0.25, 0.3) is 5.56 Å². The molecule has 2 aromatic carbocycles. The lowest BCUT2D eigenvalue weighted by Gasteiger charge is -2.09. The average molecular weight is 446 g/mol. The first-order valence-electron chi connectivity index (χ1n) is 8.85. The second-order valence-electron chi connectivity index (χ2n) is 6.31. The van der Waals surface area contributed by atoms with E-state index in [2.05, 4.69) is 15.3 Å². The van der Waals surface area contributed by atoms with Crippen LogP contribution in [0.25, 0.3) is 0 Å². The minimum Gasteiger partial charge on any atom is -0.326 e. The Kier molecular flexibility index (Phi) is 7.41. The summed E-state index contributed by atoms with van der Waals surface area (Å²) in [5, 5.41) is 4.02. The van der Waals surface area contributed by atoms with Crippen molar-refractivity contribution in [3.63, 3.8) is 0 Å². The predicted molar refractivity (Wildman–Crippen MR) is 121 cm³/mol. The van der Waals surface area contributed by atoms with Crippen molar-refractivity contribution >= 4 is 46.7 Å². The molecule has 2 N–H and O–H groups in total. The van der Waals surface area contributed by atoms with Gasteiger partial charge in [-0.15, -0.1) is 11.8 Å². The first-order valence-corrected chi connectivity index (χ1v) is 11.4. The van der Waals surface area contributed by atoms with Crippen molar-refractivity contribution in [3.05, 3.63) is 80.7 Å². The Bertz CT molecular complexity index is 1090. The molecule has 3 aromatic rings. The van der Waals surface area contributed by atoms with E-state index < -0.39 is 0 Å². The zero-order valence-corrected chi connectivity index (χ0v) is 18.4. The number of benzene rings is 2. The van der Waals surface area contributed by atoms with E-state index in [4.69, 9.17) is 11.6 Å². The number of hydrogen-bond donors (Lipinski definition) is 2. The first kappa shape index (κ1) is 21.5. The zero-order valence-electron chi connectivity index (χ0n) is 16.0. The molecule has 5 nitrogen and oxygen atoms in total. The van der Waals surface area contributed by atoms with Gasteiger partial charge in [-0.25, -0.2) is 4.98 Å². The summed E-state index contributed by atoms with van der Waals surface area (Å²) in [6.07, 6.45) is 1.94. The molecule has 8 heteroatoms. The molecule has 3 rings (SSSR count). The highest BCUT2D eigenvalue weighted by Gasteiger charge is 2.13. The van der Waals surface area contributed by atoms with Gasteiger partial charge in [0.05, 0.1) is 6.42 Å². The van der Waals surface area contributed by atoms with E-state index in [0.717, 1.165) is 10.5 Å². The largest absolute Gasteiger partial charge is 0.326 e. The number of nitrogens with one attached hydrogen (secondary N) is 2. The van der Waals surface area contributed by atoms with Gasteiger partial charge in [0.2, 0.25) is 5.91 Å². The number of amides is 1. The van der Waals surface area contributed by atoms with Crippen molar-refractivity contribution < 1.29 is 4.79 Å². The van der Waals surface area contributed by atoms with Crippen LogP contribution < -0.4 is 10.9 Å². The number of anilines is 1. The lowest BCUT2D eigenvalue weighted by atomic mass is 10.1. The van der Waals surface area contributed by atoms with Gasteiger partial charge in [-0.3, -0.25) is 9.59 Å². The van der Waals surface area contributed by atoms with Crippen molar-refractivity contribution in [2.24, 2.45) is 0 Å². The molecule has 1 aromatic heterocycles. The summed E-state index contributed by atoms with van der Waals surface area (Å²) in [4.78, 5) is 33.2. The van der Waals surface area contributed by atoms with Crippen LogP contribution in [0, 0.1) is 6.92 Å². The number of nitrogens with zero attached hydrogens (tertiary/aromatic N) is 1. The first-order chi connectivity index (χ1) is 13.9. The van der Waals surface area contributed by atoms with Gasteiger partial charge in [0.1, 0.15) is 0 Å². The van der Waals surface area contributed by atoms with Crippen LogP contribution in [0.2, 0.25) is 5.02 Å². The van der Waals surface area contributed by atoms with E-state index in [1.54, 1.807) is 18.7 Å². The number of halogens is 1. The molecule has 0 aliphatic heterocycles. The maximum atomic E-state index is 12.5. The van der Waals surface area contributed by atoms with Crippen LogP contribution in [0.5, 0.6) is 0 Å². The molecule has 0 aliphatic rings. The maximum Gasteiger partial charge on any atom is 0.255 e. The molecule has 150 valence electrons. The topological polar surface area (TPSA) is 74.8 Å². The van der Waals surface area contributed by atoms with Crippen LogP contribution in [0.4, 0.5) is 5.69 Å². The molecule has 0 fully saturated rings. The van der Waals surface area contributed by atoms with Gasteiger partial charge >= 0.3 is 0 Å². The number of rotatable bonds is 7. The van der Waals surface area contributed by atoms with Gasteiger partial charge in [0.15, 0.2) is 5.16 Å². The summed E-state index contributed by atoms with van der Waals surface area (Å²) in [6, 6.07) is 15.1. The number of thioether (sulfide) groups is 2. The maximum absolute atomic E-state index is 12.5. The monoisotopic (exact) mass is 445 g/mol. The van der Waals surface area contributed by atoms with Crippen LogP contribution >= 0.6 is 35.1 Å². The fourth-order valence-electron chi connectivity index (χ4n) is 2.71. The molecular formula is C21H20ClN3O2S2. The number of carbonyl (C=O) groups is 1. The molecular weight excluding hydrogens is 426 g/mol. The fourth-order valence-corrected chi connectivity index (χ4v) is 4.23. The lowest BCUT2D eigenvalue weighted by molar-refractivity contribution is -0.115. The second-order valence-corrected chi connectivity index (χ2v) is 8.59. The Morgan fingerprint density at radius 1 is 1.21 bits per heavy atom. The summed E-state index contributed by atoms with van der Waals surface area (Å²) in [5.41, 5.74) is 2.38. The van der Waals surface area contributed by atoms with E-state index in [0.29, 0.717) is 32.9 Å². The Morgan fingerprint density at radius 3 is 2.72 bits per heavy atom. The molecule has 0 aliphatic carbocycles. The molecule has 29 heavy (non-hydrogen) atoms. The number of aromatic amines is 1. The van der Waals surface area contributed by atoms with Gasteiger partial charge in [-0.1, -0.05) is 41.6 Å². The Labute approximate surface area is 182 Å². The molecule has 0 unspecified atom stereocenters. The third-order valence-electron chi connectivity index (χ3n) is 4.16. The highest BCUT2D eigenvalue weighted by atomic mass is 35.5. The van der Waals surface area contributed by atoms with Crippen LogP contribution in [0.1, 0.15) is 16.8 Å². The number of H-pyrrole nitrogens is 1. The SMILES string of the molecule is CSc1cccc(NC(=O)Cc2c(C)nc(SCc3cccc(Cl)c3)[nH]c2=O)c1. The molecule has 0 saturated carbocycles. The van der Waals surface area contributed by atoms with E-state index >= 15 is 0 Å². The zero-order chi connectivity index (χ0) is 20.8. The van der Waals surface area contributed by atoms with E-state index in [9.17, 15) is 9.59 Å². The minimum absolute atomic E-state index is 0.0309. The third-order valence-corrected chi connectivity index (χ3v) is 6.06. The number of hydrogen-bond acceptors (Lipinski definition) is 5. The van der Waals surface area contributed by atoms with Gasteiger partial charge in [0, 0.05) is 32.6 Å². The van der Waals surface area contributed by atoms with Crippen molar-refractivity contribution in [3.8, 4) is 0 Å². The van der Waals surface area contributed by atoms with Gasteiger partial charge in [-0.05, 0) is 49.1 Å². The quantitative estimate of drug-likeness (QED) is 0.398. The average Bonchev–Trinajstić information content (AvgIpc) is 2.69. The summed E-state index contributed by atoms with van der Waals surface area (Å²) in [7, 11) is 0. The Morgan fingerprint density at radius 2 is 2.00 bits per heavy atom. The van der Waals surface area contributed by atoms with Crippen LogP contribution in [-0.4, -0.2) is 22.1 Å². The number of aromatic nitrogens is 2. The van der Waals surface area contributed by atoms with Crippen molar-refractivity contribution in [1.82, 2.24) is 9.97 Å². The summed E-state index contributed by atoms with van der Waals surface area (Å²) < 4.78 is 0. The highest BCUT2D eigenvalue weighted by Crippen LogP contribution is 2.22. The van der Waals surface area contributed by atoms with Crippen molar-refractivity contribution in [1.29, 1.82) is 0 Å². The molecule has 1 amide bonds. The Balaban J connectivity index is 1.67. The molecule has 0 bridgehead atoms. The van der Waals surface area contributed by atoms with Crippen LogP contribution in [0.15, 0.2) is 63.4 Å². The van der Waals surface area contributed by atoms with Crippen LogP contribution in [0.3, 0.4) is 0 Å². The number of aryl methyl sites for hydroxylation is 1. The summed E-state index contributed by atoms with van der Waals surface area (Å²) in [6.45, 7) is 1.75. The highest BCUT2D eigenvalue weighted by molar-refractivity contribution is 7.98.